The molecule has 0 fully saturated rings. The van der Waals surface area contributed by atoms with Crippen LogP contribution in [0.25, 0.3) is 0 Å². The Morgan fingerprint density at radius 2 is 2.38 bits per heavy atom. The Balaban J connectivity index is 2.17. The summed E-state index contributed by atoms with van der Waals surface area (Å²) in [4.78, 5) is 11.1. The molecular formula is C11H12BrNO2S. The van der Waals surface area contributed by atoms with E-state index in [1.807, 2.05) is 6.07 Å². The number of ether oxygens (including phenoxy) is 1. The lowest BCUT2D eigenvalue weighted by Gasteiger charge is -2.09. The van der Waals surface area contributed by atoms with Crippen molar-refractivity contribution < 1.29 is 9.53 Å². The molecule has 0 aliphatic carbocycles. The Hall–Kier alpha value is -0.680. The number of thiol groups is 1. The smallest absolute Gasteiger partial charge is 0.229 e. The van der Waals surface area contributed by atoms with E-state index in [2.05, 4.69) is 39.9 Å². The third kappa shape index (κ3) is 2.52. The lowest BCUT2D eigenvalue weighted by atomic mass is 10.1. The summed E-state index contributed by atoms with van der Waals surface area (Å²) in [6.45, 7) is 1.21. The average Bonchev–Trinajstić information content (AvgIpc) is 2.73. The molecule has 0 aromatic heterocycles. The second-order valence-corrected chi connectivity index (χ2v) is 4.82. The molecule has 1 aliphatic rings. The highest BCUT2D eigenvalue weighted by Crippen LogP contribution is 2.32. The SMILES string of the molecule is O=C(CS)NCc1cc(Br)cc2c1OCC2. The lowest BCUT2D eigenvalue weighted by Crippen LogP contribution is -2.23. The fourth-order valence-corrected chi connectivity index (χ4v) is 2.39. The number of rotatable bonds is 3. The van der Waals surface area contributed by atoms with Crippen LogP contribution in [0.2, 0.25) is 0 Å². The maximum atomic E-state index is 11.1. The Morgan fingerprint density at radius 1 is 1.56 bits per heavy atom. The van der Waals surface area contributed by atoms with E-state index in [-0.39, 0.29) is 11.7 Å². The van der Waals surface area contributed by atoms with E-state index in [0.717, 1.165) is 28.8 Å². The number of carbonyl (C=O) groups is 1. The second kappa shape index (κ2) is 5.10. The third-order valence-electron chi connectivity index (χ3n) is 2.44. The number of benzene rings is 1. The summed E-state index contributed by atoms with van der Waals surface area (Å²) in [5.41, 5.74) is 2.21. The zero-order valence-electron chi connectivity index (χ0n) is 8.62. The van der Waals surface area contributed by atoms with Gasteiger partial charge < -0.3 is 10.1 Å². The number of halogens is 1. The minimum Gasteiger partial charge on any atom is -0.493 e. The highest BCUT2D eigenvalue weighted by atomic mass is 79.9. The molecule has 3 nitrogen and oxygen atoms in total. The van der Waals surface area contributed by atoms with Crippen LogP contribution in [0.3, 0.4) is 0 Å². The van der Waals surface area contributed by atoms with Crippen LogP contribution >= 0.6 is 28.6 Å². The Kier molecular flexibility index (Phi) is 3.76. The van der Waals surface area contributed by atoms with E-state index in [4.69, 9.17) is 4.74 Å². The monoisotopic (exact) mass is 301 g/mol. The molecule has 0 bridgehead atoms. The van der Waals surface area contributed by atoms with Crippen LogP contribution in [-0.4, -0.2) is 18.3 Å². The quantitative estimate of drug-likeness (QED) is 0.837. The molecule has 0 unspecified atom stereocenters. The van der Waals surface area contributed by atoms with Gasteiger partial charge in [0.1, 0.15) is 5.75 Å². The van der Waals surface area contributed by atoms with Gasteiger partial charge in [0.25, 0.3) is 0 Å². The first-order chi connectivity index (χ1) is 7.70. The van der Waals surface area contributed by atoms with Crippen molar-refractivity contribution >= 4 is 34.5 Å². The van der Waals surface area contributed by atoms with Crippen LogP contribution in [0, 0.1) is 0 Å². The molecular weight excluding hydrogens is 290 g/mol. The second-order valence-electron chi connectivity index (χ2n) is 3.59. The van der Waals surface area contributed by atoms with Crippen molar-refractivity contribution in [2.24, 2.45) is 0 Å². The fraction of sp³-hybridized carbons (Fsp3) is 0.364. The summed E-state index contributed by atoms with van der Waals surface area (Å²) in [5.74, 6) is 1.05. The number of fused-ring (bicyclic) bond motifs is 1. The van der Waals surface area contributed by atoms with Gasteiger partial charge in [0.05, 0.1) is 12.4 Å². The van der Waals surface area contributed by atoms with Gasteiger partial charge >= 0.3 is 0 Å². The largest absolute Gasteiger partial charge is 0.493 e. The first-order valence-electron chi connectivity index (χ1n) is 5.02. The summed E-state index contributed by atoms with van der Waals surface area (Å²) in [5, 5.41) is 2.79. The van der Waals surface area contributed by atoms with Gasteiger partial charge in [0.15, 0.2) is 0 Å². The standard InChI is InChI=1S/C11H12BrNO2S/c12-9-3-7-1-2-15-11(7)8(4-9)5-13-10(14)6-16/h3-4,16H,1-2,5-6H2,(H,13,14). The van der Waals surface area contributed by atoms with Crippen molar-refractivity contribution in [3.05, 3.63) is 27.7 Å². The Bertz CT molecular complexity index is 423. The minimum absolute atomic E-state index is 0.0740. The van der Waals surface area contributed by atoms with Crippen LogP contribution in [0.15, 0.2) is 16.6 Å². The maximum absolute atomic E-state index is 11.1. The molecule has 0 radical (unpaired) electrons. The van der Waals surface area contributed by atoms with Crippen LogP contribution in [-0.2, 0) is 17.8 Å². The van der Waals surface area contributed by atoms with E-state index >= 15 is 0 Å². The number of hydrogen-bond acceptors (Lipinski definition) is 3. The maximum Gasteiger partial charge on any atom is 0.229 e. The molecule has 0 saturated heterocycles. The predicted octanol–water partition coefficient (Wildman–Crippen LogP) is 1.93. The highest BCUT2D eigenvalue weighted by molar-refractivity contribution is 9.10. The van der Waals surface area contributed by atoms with E-state index in [1.54, 1.807) is 0 Å². The van der Waals surface area contributed by atoms with Crippen molar-refractivity contribution in [1.82, 2.24) is 5.32 Å². The predicted molar refractivity (Wildman–Crippen MR) is 69.0 cm³/mol. The molecule has 86 valence electrons. The molecule has 16 heavy (non-hydrogen) atoms. The number of hydrogen-bond donors (Lipinski definition) is 2. The van der Waals surface area contributed by atoms with Gasteiger partial charge in [-0.05, 0) is 17.7 Å². The first-order valence-corrected chi connectivity index (χ1v) is 6.45. The van der Waals surface area contributed by atoms with Crippen molar-refractivity contribution in [1.29, 1.82) is 0 Å². The van der Waals surface area contributed by atoms with Gasteiger partial charge in [0.2, 0.25) is 5.91 Å². The van der Waals surface area contributed by atoms with Crippen molar-refractivity contribution in [3.8, 4) is 5.75 Å². The summed E-state index contributed by atoms with van der Waals surface area (Å²) < 4.78 is 6.58. The molecule has 1 amide bonds. The summed E-state index contributed by atoms with van der Waals surface area (Å²) in [6.07, 6.45) is 0.933. The molecule has 1 aromatic rings. The molecule has 1 N–H and O–H groups in total. The molecule has 0 spiro atoms. The van der Waals surface area contributed by atoms with E-state index < -0.39 is 0 Å². The van der Waals surface area contributed by atoms with Gasteiger partial charge in [-0.15, -0.1) is 0 Å². The zero-order chi connectivity index (χ0) is 11.5. The summed E-state index contributed by atoms with van der Waals surface area (Å²) in [6, 6.07) is 4.04. The molecule has 1 heterocycles. The van der Waals surface area contributed by atoms with Gasteiger partial charge in [0, 0.05) is 23.0 Å². The Morgan fingerprint density at radius 3 is 3.12 bits per heavy atom. The summed E-state index contributed by atoms with van der Waals surface area (Å²) >= 11 is 7.37. The molecule has 2 rings (SSSR count). The lowest BCUT2D eigenvalue weighted by molar-refractivity contribution is -0.118. The molecule has 1 aromatic carbocycles. The van der Waals surface area contributed by atoms with Crippen LogP contribution in [0.1, 0.15) is 11.1 Å². The van der Waals surface area contributed by atoms with Crippen LogP contribution < -0.4 is 10.1 Å². The molecule has 1 aliphatic heterocycles. The van der Waals surface area contributed by atoms with Gasteiger partial charge in [-0.2, -0.15) is 12.6 Å². The van der Waals surface area contributed by atoms with Crippen molar-refractivity contribution in [3.63, 3.8) is 0 Å². The van der Waals surface area contributed by atoms with E-state index in [9.17, 15) is 4.79 Å². The van der Waals surface area contributed by atoms with Crippen LogP contribution in [0.5, 0.6) is 5.75 Å². The topological polar surface area (TPSA) is 38.3 Å². The van der Waals surface area contributed by atoms with Gasteiger partial charge in [-0.3, -0.25) is 4.79 Å². The molecule has 0 saturated carbocycles. The van der Waals surface area contributed by atoms with Gasteiger partial charge in [-0.25, -0.2) is 0 Å². The zero-order valence-corrected chi connectivity index (χ0v) is 11.1. The highest BCUT2D eigenvalue weighted by Gasteiger charge is 2.17. The van der Waals surface area contributed by atoms with E-state index in [1.165, 1.54) is 5.56 Å². The molecule has 5 heteroatoms. The van der Waals surface area contributed by atoms with E-state index in [0.29, 0.717) is 6.54 Å². The third-order valence-corrected chi connectivity index (χ3v) is 3.19. The van der Waals surface area contributed by atoms with Crippen molar-refractivity contribution in [2.75, 3.05) is 12.4 Å². The normalized spacial score (nSPS) is 13.1. The number of nitrogens with one attached hydrogen (secondary N) is 1. The average molecular weight is 302 g/mol. The Labute approximate surface area is 108 Å². The van der Waals surface area contributed by atoms with Crippen molar-refractivity contribution in [2.45, 2.75) is 13.0 Å². The van der Waals surface area contributed by atoms with Crippen LogP contribution in [0.4, 0.5) is 0 Å². The molecule has 0 atom stereocenters. The number of amides is 1. The number of carbonyl (C=O) groups excluding carboxylic acids is 1. The fourth-order valence-electron chi connectivity index (χ4n) is 1.73. The first kappa shape index (κ1) is 11.8. The summed E-state index contributed by atoms with van der Waals surface area (Å²) in [7, 11) is 0. The minimum atomic E-state index is -0.0740. The van der Waals surface area contributed by atoms with Gasteiger partial charge in [-0.1, -0.05) is 15.9 Å².